The average molecular weight is 292 g/mol. The number of carbonyl (C=O) groups excluding carboxylic acids is 2. The van der Waals surface area contributed by atoms with Crippen molar-refractivity contribution >= 4 is 17.5 Å². The Morgan fingerprint density at radius 1 is 1.14 bits per heavy atom. The third kappa shape index (κ3) is 2.76. The van der Waals surface area contributed by atoms with E-state index in [1.54, 1.807) is 4.90 Å². The number of amides is 2. The molecule has 0 radical (unpaired) electrons. The van der Waals surface area contributed by atoms with Crippen LogP contribution in [0.25, 0.3) is 0 Å². The molecule has 2 atom stereocenters. The molecule has 2 aliphatic heterocycles. The number of aliphatic hydroxyl groups is 1. The summed E-state index contributed by atoms with van der Waals surface area (Å²) in [5.41, 5.74) is 0.388. The van der Waals surface area contributed by atoms with Crippen LogP contribution in [0, 0.1) is 5.82 Å². The number of hydrogen-bond acceptors (Lipinski definition) is 3. The highest BCUT2D eigenvalue weighted by molar-refractivity contribution is 6.39. The molecular weight excluding hydrogens is 275 g/mol. The second kappa shape index (κ2) is 5.44. The van der Waals surface area contributed by atoms with Crippen LogP contribution in [0.1, 0.15) is 25.7 Å². The van der Waals surface area contributed by atoms with Gasteiger partial charge in [-0.15, -0.1) is 0 Å². The Hall–Kier alpha value is -1.95. The molecule has 1 aromatic carbocycles. The van der Waals surface area contributed by atoms with Crippen molar-refractivity contribution in [1.29, 1.82) is 0 Å². The lowest BCUT2D eigenvalue weighted by atomic mass is 10.00. The Balaban J connectivity index is 1.68. The number of fused-ring (bicyclic) bond motifs is 2. The van der Waals surface area contributed by atoms with E-state index in [9.17, 15) is 19.1 Å². The number of anilines is 1. The van der Waals surface area contributed by atoms with E-state index >= 15 is 0 Å². The molecule has 0 saturated carbocycles. The number of piperidine rings is 1. The fraction of sp³-hybridized carbons (Fsp3) is 0.467. The van der Waals surface area contributed by atoms with Crippen molar-refractivity contribution in [2.75, 3.05) is 5.32 Å². The number of nitrogens with zero attached hydrogens (tertiary/aromatic N) is 1. The minimum atomic E-state index is -0.713. The van der Waals surface area contributed by atoms with Crippen LogP contribution in [0.3, 0.4) is 0 Å². The van der Waals surface area contributed by atoms with Crippen LogP contribution in [0.2, 0.25) is 0 Å². The summed E-state index contributed by atoms with van der Waals surface area (Å²) < 4.78 is 12.8. The van der Waals surface area contributed by atoms with Crippen molar-refractivity contribution in [2.24, 2.45) is 0 Å². The first-order valence-corrected chi connectivity index (χ1v) is 7.12. The van der Waals surface area contributed by atoms with Crippen LogP contribution in [0.4, 0.5) is 10.1 Å². The number of rotatable bonds is 1. The highest BCUT2D eigenvalue weighted by Crippen LogP contribution is 2.35. The van der Waals surface area contributed by atoms with Gasteiger partial charge < -0.3 is 15.3 Å². The van der Waals surface area contributed by atoms with Crippen molar-refractivity contribution in [3.05, 3.63) is 30.1 Å². The predicted octanol–water partition coefficient (Wildman–Crippen LogP) is 1.28. The molecule has 2 amide bonds. The predicted molar refractivity (Wildman–Crippen MR) is 73.9 cm³/mol. The highest BCUT2D eigenvalue weighted by Gasteiger charge is 2.44. The molecule has 5 nitrogen and oxygen atoms in total. The van der Waals surface area contributed by atoms with Gasteiger partial charge in [-0.1, -0.05) is 0 Å². The molecule has 3 rings (SSSR count). The van der Waals surface area contributed by atoms with Gasteiger partial charge in [-0.25, -0.2) is 4.39 Å². The molecule has 2 unspecified atom stereocenters. The second-order valence-electron chi connectivity index (χ2n) is 5.68. The molecule has 0 spiro atoms. The number of nitrogens with one attached hydrogen (secondary N) is 1. The normalized spacial score (nSPS) is 27.5. The lowest BCUT2D eigenvalue weighted by Gasteiger charge is -2.36. The largest absolute Gasteiger partial charge is 0.393 e. The van der Waals surface area contributed by atoms with E-state index in [2.05, 4.69) is 5.32 Å². The molecule has 0 aliphatic carbocycles. The summed E-state index contributed by atoms with van der Waals surface area (Å²) in [6, 6.07) is 5.17. The molecule has 2 aliphatic rings. The summed E-state index contributed by atoms with van der Waals surface area (Å²) >= 11 is 0. The van der Waals surface area contributed by atoms with Crippen LogP contribution >= 0.6 is 0 Å². The van der Waals surface area contributed by atoms with Crippen LogP contribution in [-0.2, 0) is 9.59 Å². The molecule has 21 heavy (non-hydrogen) atoms. The van der Waals surface area contributed by atoms with Gasteiger partial charge in [0.15, 0.2) is 0 Å². The smallest absolute Gasteiger partial charge is 0.313 e. The third-order valence-corrected chi connectivity index (χ3v) is 4.24. The average Bonchev–Trinajstić information content (AvgIpc) is 2.72. The SMILES string of the molecule is O=C(Nc1ccc(F)cc1)C(=O)N1C2CCC1CC(O)C2. The molecule has 2 fully saturated rings. The maximum absolute atomic E-state index is 12.8. The molecule has 112 valence electrons. The van der Waals surface area contributed by atoms with Gasteiger partial charge in [0.25, 0.3) is 0 Å². The van der Waals surface area contributed by atoms with Crippen molar-refractivity contribution in [3.63, 3.8) is 0 Å². The van der Waals surface area contributed by atoms with E-state index in [1.807, 2.05) is 0 Å². The van der Waals surface area contributed by atoms with Gasteiger partial charge in [0.05, 0.1) is 6.10 Å². The first-order chi connectivity index (χ1) is 10.0. The van der Waals surface area contributed by atoms with E-state index in [4.69, 9.17) is 0 Å². The number of carbonyl (C=O) groups is 2. The number of halogens is 1. The fourth-order valence-electron chi connectivity index (χ4n) is 3.31. The Bertz CT molecular complexity index is 547. The third-order valence-electron chi connectivity index (χ3n) is 4.24. The van der Waals surface area contributed by atoms with Gasteiger partial charge in [0.2, 0.25) is 0 Å². The van der Waals surface area contributed by atoms with Crippen LogP contribution < -0.4 is 5.32 Å². The number of aliphatic hydroxyl groups excluding tert-OH is 1. The zero-order valence-corrected chi connectivity index (χ0v) is 11.5. The first-order valence-electron chi connectivity index (χ1n) is 7.12. The van der Waals surface area contributed by atoms with Gasteiger partial charge in [-0.3, -0.25) is 9.59 Å². The van der Waals surface area contributed by atoms with E-state index < -0.39 is 17.6 Å². The Morgan fingerprint density at radius 2 is 1.71 bits per heavy atom. The van der Waals surface area contributed by atoms with Gasteiger partial charge in [-0.2, -0.15) is 0 Å². The Morgan fingerprint density at radius 3 is 2.29 bits per heavy atom. The minimum absolute atomic E-state index is 0.0507. The van der Waals surface area contributed by atoms with E-state index in [0.717, 1.165) is 12.8 Å². The first kappa shape index (κ1) is 14.0. The number of hydrogen-bond donors (Lipinski definition) is 2. The molecule has 6 heteroatoms. The van der Waals surface area contributed by atoms with E-state index in [0.29, 0.717) is 18.5 Å². The molecule has 2 saturated heterocycles. The molecule has 2 bridgehead atoms. The summed E-state index contributed by atoms with van der Waals surface area (Å²) in [7, 11) is 0. The maximum atomic E-state index is 12.8. The topological polar surface area (TPSA) is 69.6 Å². The second-order valence-corrected chi connectivity index (χ2v) is 5.68. The van der Waals surface area contributed by atoms with Crippen molar-refractivity contribution in [3.8, 4) is 0 Å². The fourth-order valence-corrected chi connectivity index (χ4v) is 3.31. The van der Waals surface area contributed by atoms with E-state index in [-0.39, 0.29) is 18.2 Å². The molecule has 1 aromatic rings. The molecular formula is C15H17FN2O3. The summed E-state index contributed by atoms with van der Waals surface area (Å²) in [4.78, 5) is 25.9. The van der Waals surface area contributed by atoms with Crippen molar-refractivity contribution < 1.29 is 19.1 Å². The Labute approximate surface area is 121 Å². The zero-order valence-electron chi connectivity index (χ0n) is 11.5. The zero-order chi connectivity index (χ0) is 15.0. The van der Waals surface area contributed by atoms with Crippen molar-refractivity contribution in [2.45, 2.75) is 43.9 Å². The van der Waals surface area contributed by atoms with Gasteiger partial charge in [-0.05, 0) is 49.9 Å². The summed E-state index contributed by atoms with van der Waals surface area (Å²) in [6.07, 6.45) is 2.35. The van der Waals surface area contributed by atoms with Crippen molar-refractivity contribution in [1.82, 2.24) is 4.90 Å². The monoisotopic (exact) mass is 292 g/mol. The molecule has 2 heterocycles. The van der Waals surface area contributed by atoms with Gasteiger partial charge >= 0.3 is 11.8 Å². The maximum Gasteiger partial charge on any atom is 0.313 e. The quantitative estimate of drug-likeness (QED) is 0.766. The van der Waals surface area contributed by atoms with E-state index in [1.165, 1.54) is 24.3 Å². The standard InChI is InChI=1S/C15H17FN2O3/c16-9-1-3-10(4-2-9)17-14(20)15(21)18-11-5-6-12(18)8-13(19)7-11/h1-4,11-13,19H,5-8H2,(H,17,20). The van der Waals surface area contributed by atoms with Crippen LogP contribution in [-0.4, -0.2) is 40.0 Å². The summed E-state index contributed by atoms with van der Waals surface area (Å²) in [5.74, 6) is -1.68. The summed E-state index contributed by atoms with van der Waals surface area (Å²) in [5, 5.41) is 12.2. The van der Waals surface area contributed by atoms with Crippen LogP contribution in [0.15, 0.2) is 24.3 Å². The van der Waals surface area contributed by atoms with Gasteiger partial charge in [0.1, 0.15) is 5.82 Å². The molecule has 0 aromatic heterocycles. The lowest BCUT2D eigenvalue weighted by Crippen LogP contribution is -2.51. The summed E-state index contributed by atoms with van der Waals surface area (Å²) in [6.45, 7) is 0. The Kier molecular flexibility index (Phi) is 3.63. The lowest BCUT2D eigenvalue weighted by molar-refractivity contribution is -0.147. The molecule has 2 N–H and O–H groups in total. The minimum Gasteiger partial charge on any atom is -0.393 e. The van der Waals surface area contributed by atoms with Crippen LogP contribution in [0.5, 0.6) is 0 Å². The number of benzene rings is 1. The van der Waals surface area contributed by atoms with Gasteiger partial charge in [0, 0.05) is 17.8 Å². The highest BCUT2D eigenvalue weighted by atomic mass is 19.1.